The van der Waals surface area contributed by atoms with Gasteiger partial charge in [0.25, 0.3) is 0 Å². The fraction of sp³-hybridized carbons (Fsp3) is 0.273. The van der Waals surface area contributed by atoms with E-state index in [4.69, 9.17) is 4.74 Å². The third-order valence-corrected chi connectivity index (χ3v) is 6.04. The van der Waals surface area contributed by atoms with E-state index in [1.54, 1.807) is 31.4 Å². The van der Waals surface area contributed by atoms with E-state index in [2.05, 4.69) is 33.0 Å². The minimum Gasteiger partial charge on any atom is -0.497 e. The Labute approximate surface area is 179 Å². The number of amidine groups is 1. The molecule has 7 nitrogen and oxygen atoms in total. The molecular formula is C22H22N4O3S. The van der Waals surface area contributed by atoms with Crippen molar-refractivity contribution in [1.82, 2.24) is 5.32 Å². The molecule has 154 valence electrons. The van der Waals surface area contributed by atoms with Crippen LogP contribution in [-0.2, 0) is 16.0 Å². The molecule has 2 aliphatic rings. The van der Waals surface area contributed by atoms with Gasteiger partial charge >= 0.3 is 0 Å². The highest BCUT2D eigenvalue weighted by atomic mass is 32.2. The van der Waals surface area contributed by atoms with Gasteiger partial charge in [0.15, 0.2) is 5.17 Å². The van der Waals surface area contributed by atoms with Crippen LogP contribution in [-0.4, -0.2) is 35.1 Å². The summed E-state index contributed by atoms with van der Waals surface area (Å²) in [5.41, 5.74) is 3.98. The SMILES string of the molecule is COc1ccc(NC(=O)CC2S/C(=N\N=C3/CCCc4ccccc43)NC2=O)cc1. The molecule has 0 aromatic heterocycles. The molecule has 30 heavy (non-hydrogen) atoms. The largest absolute Gasteiger partial charge is 0.497 e. The minimum atomic E-state index is -0.527. The number of hydrogen-bond donors (Lipinski definition) is 2. The van der Waals surface area contributed by atoms with Crippen molar-refractivity contribution in [3.63, 3.8) is 0 Å². The number of hydrogen-bond acceptors (Lipinski definition) is 6. The molecule has 2 amide bonds. The third-order valence-electron chi connectivity index (χ3n) is 4.97. The summed E-state index contributed by atoms with van der Waals surface area (Å²) in [5.74, 6) is 0.247. The molecule has 1 fully saturated rings. The molecule has 1 saturated heterocycles. The quantitative estimate of drug-likeness (QED) is 0.723. The lowest BCUT2D eigenvalue weighted by molar-refractivity contribution is -0.122. The van der Waals surface area contributed by atoms with Gasteiger partial charge in [-0.2, -0.15) is 5.10 Å². The number of carbonyl (C=O) groups is 2. The second-order valence-corrected chi connectivity index (χ2v) is 8.23. The summed E-state index contributed by atoms with van der Waals surface area (Å²) in [5, 5.41) is 14.1. The molecule has 1 aliphatic carbocycles. The number of methoxy groups -OCH3 is 1. The topological polar surface area (TPSA) is 92.2 Å². The summed E-state index contributed by atoms with van der Waals surface area (Å²) in [6.07, 6.45) is 3.00. The maximum atomic E-state index is 12.3. The van der Waals surface area contributed by atoms with E-state index in [0.717, 1.165) is 30.5 Å². The van der Waals surface area contributed by atoms with Gasteiger partial charge < -0.3 is 15.4 Å². The van der Waals surface area contributed by atoms with Crippen LogP contribution >= 0.6 is 11.8 Å². The van der Waals surface area contributed by atoms with Gasteiger partial charge in [-0.3, -0.25) is 9.59 Å². The highest BCUT2D eigenvalue weighted by molar-refractivity contribution is 8.15. The van der Waals surface area contributed by atoms with Crippen LogP contribution < -0.4 is 15.4 Å². The number of rotatable bonds is 5. The van der Waals surface area contributed by atoms with E-state index >= 15 is 0 Å². The molecule has 0 radical (unpaired) electrons. The van der Waals surface area contributed by atoms with Crippen LogP contribution in [0, 0.1) is 0 Å². The summed E-state index contributed by atoms with van der Waals surface area (Å²) in [7, 11) is 1.58. The normalized spacial score (nSPS) is 20.7. The third kappa shape index (κ3) is 4.71. The number of amides is 2. The first-order chi connectivity index (χ1) is 14.6. The number of anilines is 1. The minimum absolute atomic E-state index is 0.0565. The second kappa shape index (κ2) is 9.13. The van der Waals surface area contributed by atoms with Crippen LogP contribution in [0.1, 0.15) is 30.4 Å². The molecule has 0 bridgehead atoms. The van der Waals surface area contributed by atoms with Crippen molar-refractivity contribution < 1.29 is 14.3 Å². The lowest BCUT2D eigenvalue weighted by Crippen LogP contribution is -2.28. The lowest BCUT2D eigenvalue weighted by atomic mass is 9.90. The van der Waals surface area contributed by atoms with Crippen LogP contribution in [0.15, 0.2) is 58.7 Å². The van der Waals surface area contributed by atoms with Crippen molar-refractivity contribution in [3.8, 4) is 5.75 Å². The Morgan fingerprint density at radius 2 is 1.97 bits per heavy atom. The zero-order valence-electron chi connectivity index (χ0n) is 16.6. The average molecular weight is 423 g/mol. The number of benzene rings is 2. The van der Waals surface area contributed by atoms with Gasteiger partial charge in [0.05, 0.1) is 12.8 Å². The number of carbonyl (C=O) groups excluding carboxylic acids is 2. The number of fused-ring (bicyclic) bond motifs is 1. The molecular weight excluding hydrogens is 400 g/mol. The molecule has 4 rings (SSSR count). The van der Waals surface area contributed by atoms with Crippen molar-refractivity contribution in [3.05, 3.63) is 59.7 Å². The summed E-state index contributed by atoms with van der Waals surface area (Å²) >= 11 is 1.24. The van der Waals surface area contributed by atoms with Crippen molar-refractivity contribution in [2.75, 3.05) is 12.4 Å². The van der Waals surface area contributed by atoms with Crippen LogP contribution in [0.3, 0.4) is 0 Å². The van der Waals surface area contributed by atoms with Crippen LogP contribution in [0.2, 0.25) is 0 Å². The summed E-state index contributed by atoms with van der Waals surface area (Å²) < 4.78 is 5.10. The molecule has 2 aromatic rings. The number of aryl methyl sites for hydroxylation is 1. The van der Waals surface area contributed by atoms with Crippen molar-refractivity contribution in [2.45, 2.75) is 30.9 Å². The number of nitrogens with one attached hydrogen (secondary N) is 2. The first kappa shape index (κ1) is 20.2. The van der Waals surface area contributed by atoms with E-state index in [9.17, 15) is 9.59 Å². The van der Waals surface area contributed by atoms with Gasteiger partial charge in [-0.1, -0.05) is 36.0 Å². The van der Waals surface area contributed by atoms with Crippen LogP contribution in [0.25, 0.3) is 0 Å². The van der Waals surface area contributed by atoms with Gasteiger partial charge in [-0.15, -0.1) is 5.10 Å². The van der Waals surface area contributed by atoms with E-state index in [-0.39, 0.29) is 18.2 Å². The molecule has 0 saturated carbocycles. The first-order valence-corrected chi connectivity index (χ1v) is 10.6. The van der Waals surface area contributed by atoms with Gasteiger partial charge in [-0.25, -0.2) is 0 Å². The molecule has 0 spiro atoms. The molecule has 1 atom stereocenters. The summed E-state index contributed by atoms with van der Waals surface area (Å²) in [4.78, 5) is 24.6. The first-order valence-electron chi connectivity index (χ1n) is 9.76. The maximum absolute atomic E-state index is 12.3. The monoisotopic (exact) mass is 422 g/mol. The van der Waals surface area contributed by atoms with E-state index in [0.29, 0.717) is 16.6 Å². The maximum Gasteiger partial charge on any atom is 0.240 e. The number of thioether (sulfide) groups is 1. The van der Waals surface area contributed by atoms with Crippen molar-refractivity contribution in [2.24, 2.45) is 10.2 Å². The fourth-order valence-electron chi connectivity index (χ4n) is 3.45. The zero-order chi connectivity index (χ0) is 20.9. The average Bonchev–Trinajstić information content (AvgIpc) is 3.11. The fourth-order valence-corrected chi connectivity index (χ4v) is 4.37. The predicted molar refractivity (Wildman–Crippen MR) is 119 cm³/mol. The summed E-state index contributed by atoms with van der Waals surface area (Å²) in [6.45, 7) is 0. The smallest absolute Gasteiger partial charge is 0.240 e. The Kier molecular flexibility index (Phi) is 6.13. The molecule has 1 aliphatic heterocycles. The number of ether oxygens (including phenoxy) is 1. The van der Waals surface area contributed by atoms with Gasteiger partial charge in [0, 0.05) is 17.7 Å². The molecule has 2 aromatic carbocycles. The highest BCUT2D eigenvalue weighted by Crippen LogP contribution is 2.25. The molecule has 1 unspecified atom stereocenters. The Morgan fingerprint density at radius 3 is 2.77 bits per heavy atom. The van der Waals surface area contributed by atoms with E-state index in [1.807, 2.05) is 12.1 Å². The van der Waals surface area contributed by atoms with Gasteiger partial charge in [0.1, 0.15) is 11.0 Å². The number of nitrogens with zero attached hydrogens (tertiary/aromatic N) is 2. The molecule has 1 heterocycles. The molecule has 2 N–H and O–H groups in total. The Bertz CT molecular complexity index is 1020. The highest BCUT2D eigenvalue weighted by Gasteiger charge is 2.32. The predicted octanol–water partition coefficient (Wildman–Crippen LogP) is 3.35. The van der Waals surface area contributed by atoms with Gasteiger partial charge in [0.2, 0.25) is 11.8 Å². The second-order valence-electron chi connectivity index (χ2n) is 7.04. The summed E-state index contributed by atoms with van der Waals surface area (Å²) in [6, 6.07) is 15.2. The van der Waals surface area contributed by atoms with E-state index in [1.165, 1.54) is 17.3 Å². The standard InChI is InChI=1S/C22H22N4O3S/c1-29-16-11-9-15(10-12-16)23-20(27)13-19-21(28)24-22(30-19)26-25-18-8-4-6-14-5-2-3-7-17(14)18/h2-3,5,7,9-12,19H,4,6,8,13H2,1H3,(H,23,27)(H,24,26,28)/b25-18+. The van der Waals surface area contributed by atoms with Crippen molar-refractivity contribution in [1.29, 1.82) is 0 Å². The van der Waals surface area contributed by atoms with Gasteiger partial charge in [-0.05, 0) is 49.1 Å². The Morgan fingerprint density at radius 1 is 1.17 bits per heavy atom. The van der Waals surface area contributed by atoms with Crippen molar-refractivity contribution >= 4 is 40.1 Å². The van der Waals surface area contributed by atoms with Crippen LogP contribution in [0.5, 0.6) is 5.75 Å². The van der Waals surface area contributed by atoms with Crippen LogP contribution in [0.4, 0.5) is 5.69 Å². The Balaban J connectivity index is 1.37. The van der Waals surface area contributed by atoms with E-state index < -0.39 is 5.25 Å². The zero-order valence-corrected chi connectivity index (χ0v) is 17.4. The molecule has 8 heteroatoms. The lowest BCUT2D eigenvalue weighted by Gasteiger charge is -2.16. The Hall–Kier alpha value is -3.13.